The maximum Gasteiger partial charge on any atom is 0.313 e. The van der Waals surface area contributed by atoms with Gasteiger partial charge in [-0.05, 0) is 19.8 Å². The zero-order valence-corrected chi connectivity index (χ0v) is 31.5. The summed E-state index contributed by atoms with van der Waals surface area (Å²) in [6.07, 6.45) is 44.8. The number of carbonyl (C=O) groups is 1. The lowest BCUT2D eigenvalue weighted by molar-refractivity contribution is -0.140. The lowest BCUT2D eigenvalue weighted by Gasteiger charge is -2.17. The highest BCUT2D eigenvalue weighted by Gasteiger charge is 2.25. The van der Waals surface area contributed by atoms with Gasteiger partial charge in [-0.1, -0.05) is 206 Å². The van der Waals surface area contributed by atoms with Crippen LogP contribution in [0.1, 0.15) is 226 Å². The van der Waals surface area contributed by atoms with Gasteiger partial charge >= 0.3 is 5.97 Å². The molecule has 0 unspecified atom stereocenters. The number of esters is 1. The highest BCUT2D eigenvalue weighted by molar-refractivity contribution is 7.64. The van der Waals surface area contributed by atoms with Crippen LogP contribution in [0.15, 0.2) is 0 Å². The Hall–Kier alpha value is -0.300. The predicted octanol–water partition coefficient (Wildman–Crippen LogP) is 14.4. The van der Waals surface area contributed by atoms with Gasteiger partial charge in [-0.2, -0.15) is 0 Å². The summed E-state index contributed by atoms with van der Waals surface area (Å²) in [4.78, 5) is 12.2. The van der Waals surface area contributed by atoms with Gasteiger partial charge in [0.05, 0.1) is 19.9 Å². The van der Waals surface area contributed by atoms with Gasteiger partial charge in [0.2, 0.25) is 0 Å². The molecule has 0 amide bonds. The molecule has 0 aliphatic rings. The summed E-state index contributed by atoms with van der Waals surface area (Å²) in [5.74, 6) is -0.246. The average molecular weight is 641 g/mol. The fourth-order valence-corrected chi connectivity index (χ4v) is 9.31. The predicted molar refractivity (Wildman–Crippen MR) is 198 cm³/mol. The van der Waals surface area contributed by atoms with Gasteiger partial charge in [0.25, 0.3) is 0 Å². The van der Waals surface area contributed by atoms with Gasteiger partial charge < -0.3 is 9.30 Å². The molecule has 0 aromatic rings. The van der Waals surface area contributed by atoms with Crippen LogP contribution < -0.4 is 0 Å². The van der Waals surface area contributed by atoms with Gasteiger partial charge in [-0.3, -0.25) is 4.79 Å². The summed E-state index contributed by atoms with van der Waals surface area (Å²) >= 11 is 0. The lowest BCUT2D eigenvalue weighted by Crippen LogP contribution is -2.13. The van der Waals surface area contributed by atoms with E-state index in [-0.39, 0.29) is 12.1 Å². The Balaban J connectivity index is 3.79. The second kappa shape index (κ2) is 35.6. The van der Waals surface area contributed by atoms with Crippen molar-refractivity contribution in [3.8, 4) is 0 Å². The molecule has 0 aliphatic carbocycles. The van der Waals surface area contributed by atoms with Crippen molar-refractivity contribution in [2.24, 2.45) is 0 Å². The minimum atomic E-state index is -2.46. The standard InChI is InChI=1S/C40H81O3P/c1-4-7-9-11-13-15-17-19-21-23-25-27-29-31-33-35-37-44(42,39-40(41)43-6-3)38-36-34-32-30-28-26-24-22-20-18-16-14-12-10-8-5-2/h4-39H2,1-3H3. The van der Waals surface area contributed by atoms with Crippen LogP contribution in [-0.2, 0) is 14.1 Å². The van der Waals surface area contributed by atoms with Crippen LogP contribution in [-0.4, -0.2) is 31.1 Å². The van der Waals surface area contributed by atoms with Gasteiger partial charge in [-0.15, -0.1) is 0 Å². The van der Waals surface area contributed by atoms with E-state index in [4.69, 9.17) is 4.74 Å². The van der Waals surface area contributed by atoms with E-state index in [2.05, 4.69) is 13.8 Å². The summed E-state index contributed by atoms with van der Waals surface area (Å²) in [5, 5.41) is 0. The number of hydrogen-bond donors (Lipinski definition) is 0. The molecular formula is C40H81O3P. The van der Waals surface area contributed by atoms with Crippen LogP contribution in [0.5, 0.6) is 0 Å². The quantitative estimate of drug-likeness (QED) is 0.0385. The van der Waals surface area contributed by atoms with Crippen LogP contribution >= 0.6 is 7.14 Å². The molecule has 0 atom stereocenters. The minimum Gasteiger partial charge on any atom is -0.466 e. The Morgan fingerprint density at radius 2 is 0.614 bits per heavy atom. The van der Waals surface area contributed by atoms with Crippen LogP contribution in [0.2, 0.25) is 0 Å². The highest BCUT2D eigenvalue weighted by Crippen LogP contribution is 2.47. The minimum absolute atomic E-state index is 0.165. The Labute approximate surface area is 278 Å². The summed E-state index contributed by atoms with van der Waals surface area (Å²) in [5.41, 5.74) is 0. The largest absolute Gasteiger partial charge is 0.466 e. The van der Waals surface area contributed by atoms with E-state index in [9.17, 15) is 9.36 Å². The molecule has 0 saturated carbocycles. The molecule has 0 fully saturated rings. The van der Waals surface area contributed by atoms with Gasteiger partial charge in [0.15, 0.2) is 0 Å². The monoisotopic (exact) mass is 641 g/mol. The molecule has 0 aliphatic heterocycles. The van der Waals surface area contributed by atoms with Crippen molar-refractivity contribution < 1.29 is 14.1 Å². The maximum atomic E-state index is 13.7. The first-order chi connectivity index (χ1) is 21.6. The first kappa shape index (κ1) is 43.7. The second-order valence-electron chi connectivity index (χ2n) is 14.1. The number of rotatable bonds is 37. The second-order valence-corrected chi connectivity index (χ2v) is 17.4. The molecule has 0 rings (SSSR count). The molecule has 0 spiro atoms. The Morgan fingerprint density at radius 1 is 0.386 bits per heavy atom. The summed E-state index contributed by atoms with van der Waals surface area (Å²) in [6.45, 7) is 6.80. The molecule has 4 heteroatoms. The smallest absolute Gasteiger partial charge is 0.313 e. The van der Waals surface area contributed by atoms with Crippen molar-refractivity contribution >= 4 is 13.1 Å². The Kier molecular flexibility index (Phi) is 35.3. The molecule has 44 heavy (non-hydrogen) atoms. The fraction of sp³-hybridized carbons (Fsp3) is 0.975. The summed E-state index contributed by atoms with van der Waals surface area (Å²) in [6, 6.07) is 0. The fourth-order valence-electron chi connectivity index (χ4n) is 6.61. The van der Waals surface area contributed by atoms with Crippen molar-refractivity contribution in [1.82, 2.24) is 0 Å². The molecule has 0 bridgehead atoms. The molecule has 0 N–H and O–H groups in total. The Morgan fingerprint density at radius 3 is 0.841 bits per heavy atom. The van der Waals surface area contributed by atoms with Crippen molar-refractivity contribution in [3.63, 3.8) is 0 Å². The third-order valence-electron chi connectivity index (χ3n) is 9.56. The number of hydrogen-bond acceptors (Lipinski definition) is 3. The molecule has 3 nitrogen and oxygen atoms in total. The van der Waals surface area contributed by atoms with E-state index in [1.54, 1.807) is 0 Å². The zero-order valence-electron chi connectivity index (χ0n) is 30.6. The Bertz CT molecular complexity index is 580. The molecule has 0 aromatic heterocycles. The topological polar surface area (TPSA) is 43.4 Å². The van der Waals surface area contributed by atoms with E-state index in [0.717, 1.165) is 38.0 Å². The molecule has 0 saturated heterocycles. The van der Waals surface area contributed by atoms with Crippen LogP contribution in [0.4, 0.5) is 0 Å². The normalized spacial score (nSPS) is 11.8. The van der Waals surface area contributed by atoms with Crippen molar-refractivity contribution in [3.05, 3.63) is 0 Å². The molecular weight excluding hydrogens is 559 g/mol. The van der Waals surface area contributed by atoms with E-state index in [1.807, 2.05) is 6.92 Å². The van der Waals surface area contributed by atoms with Gasteiger partial charge in [-0.25, -0.2) is 0 Å². The van der Waals surface area contributed by atoms with Crippen molar-refractivity contribution in [2.45, 2.75) is 226 Å². The number of unbranched alkanes of at least 4 members (excludes halogenated alkanes) is 30. The van der Waals surface area contributed by atoms with E-state index < -0.39 is 7.14 Å². The van der Waals surface area contributed by atoms with Gasteiger partial charge in [0.1, 0.15) is 0 Å². The van der Waals surface area contributed by atoms with Crippen LogP contribution in [0.25, 0.3) is 0 Å². The molecule has 0 aromatic carbocycles. The molecule has 264 valence electrons. The summed E-state index contributed by atoms with van der Waals surface area (Å²) in [7, 11) is -2.46. The van der Waals surface area contributed by atoms with Crippen molar-refractivity contribution in [2.75, 3.05) is 25.1 Å². The SMILES string of the molecule is CCCCCCCCCCCCCCCCCCP(=O)(CCCCCCCCCCCCCCCCCC)CC(=O)OCC. The molecule has 0 heterocycles. The third-order valence-corrected chi connectivity index (χ3v) is 12.7. The highest BCUT2D eigenvalue weighted by atomic mass is 31.2. The van der Waals surface area contributed by atoms with E-state index >= 15 is 0 Å². The lowest BCUT2D eigenvalue weighted by atomic mass is 10.0. The van der Waals surface area contributed by atoms with Crippen molar-refractivity contribution in [1.29, 1.82) is 0 Å². The first-order valence-corrected chi connectivity index (χ1v) is 22.6. The van der Waals surface area contributed by atoms with E-state index in [0.29, 0.717) is 6.61 Å². The number of carbonyl (C=O) groups excluding carboxylic acids is 1. The molecule has 0 radical (unpaired) electrons. The van der Waals surface area contributed by atoms with Gasteiger partial charge in [0, 0.05) is 12.3 Å². The van der Waals surface area contributed by atoms with Crippen LogP contribution in [0.3, 0.4) is 0 Å². The maximum absolute atomic E-state index is 13.7. The van der Waals surface area contributed by atoms with E-state index in [1.165, 1.54) is 180 Å². The average Bonchev–Trinajstić information content (AvgIpc) is 3.00. The first-order valence-electron chi connectivity index (χ1n) is 20.3. The number of ether oxygens (including phenoxy) is 1. The van der Waals surface area contributed by atoms with Crippen LogP contribution in [0, 0.1) is 0 Å². The third kappa shape index (κ3) is 33.1. The zero-order chi connectivity index (χ0) is 32.2. The summed E-state index contributed by atoms with van der Waals surface area (Å²) < 4.78 is 18.9.